The Morgan fingerprint density at radius 1 is 1.04 bits per heavy atom. The Labute approximate surface area is 143 Å². The molecule has 0 unspecified atom stereocenters. The first-order valence-corrected chi connectivity index (χ1v) is 8.32. The summed E-state index contributed by atoms with van der Waals surface area (Å²) < 4.78 is 5.14. The summed E-state index contributed by atoms with van der Waals surface area (Å²) in [6.45, 7) is 6.67. The van der Waals surface area contributed by atoms with E-state index in [9.17, 15) is 14.7 Å². The minimum absolute atomic E-state index is 0.0835. The van der Waals surface area contributed by atoms with E-state index in [4.69, 9.17) is 4.74 Å². The number of nitrogens with one attached hydrogen (secondary N) is 2. The van der Waals surface area contributed by atoms with Crippen LogP contribution in [0.3, 0.4) is 0 Å². The number of hydrogen-bond acceptors (Lipinski definition) is 4. The number of hydrogen-bond donors (Lipinski definition) is 3. The summed E-state index contributed by atoms with van der Waals surface area (Å²) in [7, 11) is 0. The maximum Gasteiger partial charge on any atom is 0.407 e. The summed E-state index contributed by atoms with van der Waals surface area (Å²) >= 11 is 0. The molecule has 0 fully saturated rings. The van der Waals surface area contributed by atoms with E-state index in [0.29, 0.717) is 18.7 Å². The molecule has 0 aliphatic carbocycles. The molecule has 1 aromatic carbocycles. The first kappa shape index (κ1) is 19.8. The van der Waals surface area contributed by atoms with Gasteiger partial charge >= 0.3 is 6.09 Å². The number of benzene rings is 1. The lowest BCUT2D eigenvalue weighted by Crippen LogP contribution is -2.33. The SMILES string of the molecule is CC(C)(C)OC(=O)NCCCCCCNC(=O)c1cccc(O)c1. The summed E-state index contributed by atoms with van der Waals surface area (Å²) in [5.74, 6) is -0.0994. The van der Waals surface area contributed by atoms with E-state index in [2.05, 4.69) is 10.6 Å². The summed E-state index contributed by atoms with van der Waals surface area (Å²) in [6.07, 6.45) is 3.30. The van der Waals surface area contributed by atoms with Gasteiger partial charge in [-0.25, -0.2) is 4.79 Å². The van der Waals surface area contributed by atoms with Gasteiger partial charge in [-0.15, -0.1) is 0 Å². The van der Waals surface area contributed by atoms with E-state index in [1.807, 2.05) is 20.8 Å². The molecule has 2 amide bonds. The molecule has 3 N–H and O–H groups in total. The number of phenolic OH excluding ortho intramolecular Hbond substituents is 1. The van der Waals surface area contributed by atoms with Gasteiger partial charge in [-0.05, 0) is 51.8 Å². The Morgan fingerprint density at radius 2 is 1.67 bits per heavy atom. The number of phenols is 1. The van der Waals surface area contributed by atoms with Crippen LogP contribution in [0.1, 0.15) is 56.8 Å². The standard InChI is InChI=1S/C18H28N2O4/c1-18(2,3)24-17(23)20-12-7-5-4-6-11-19-16(22)14-9-8-10-15(21)13-14/h8-10,13,21H,4-7,11-12H2,1-3H3,(H,19,22)(H,20,23). The lowest BCUT2D eigenvalue weighted by Gasteiger charge is -2.19. The van der Waals surface area contributed by atoms with Crippen LogP contribution in [0.15, 0.2) is 24.3 Å². The number of unbranched alkanes of at least 4 members (excludes halogenated alkanes) is 3. The number of carbonyl (C=O) groups excluding carboxylic acids is 2. The first-order chi connectivity index (χ1) is 11.3. The second-order valence-corrected chi connectivity index (χ2v) is 6.65. The van der Waals surface area contributed by atoms with E-state index >= 15 is 0 Å². The van der Waals surface area contributed by atoms with Crippen LogP contribution in [0.5, 0.6) is 5.75 Å². The predicted octanol–water partition coefficient (Wildman–Crippen LogP) is 3.21. The van der Waals surface area contributed by atoms with Gasteiger partial charge in [0.1, 0.15) is 11.4 Å². The molecule has 0 spiro atoms. The van der Waals surface area contributed by atoms with Crippen molar-refractivity contribution < 1.29 is 19.4 Å². The molecule has 0 aliphatic rings. The monoisotopic (exact) mass is 336 g/mol. The molecule has 0 atom stereocenters. The molecule has 0 bridgehead atoms. The largest absolute Gasteiger partial charge is 0.508 e. The fraction of sp³-hybridized carbons (Fsp3) is 0.556. The Bertz CT molecular complexity index is 538. The summed E-state index contributed by atoms with van der Waals surface area (Å²) in [5, 5.41) is 14.9. The maximum atomic E-state index is 11.8. The van der Waals surface area contributed by atoms with Crippen molar-refractivity contribution in [1.29, 1.82) is 0 Å². The zero-order chi connectivity index (χ0) is 18.0. The van der Waals surface area contributed by atoms with Gasteiger partial charge in [-0.2, -0.15) is 0 Å². The zero-order valence-corrected chi connectivity index (χ0v) is 14.7. The molecule has 0 heterocycles. The molecule has 1 rings (SSSR count). The smallest absolute Gasteiger partial charge is 0.407 e. The van der Waals surface area contributed by atoms with Crippen molar-refractivity contribution in [2.75, 3.05) is 13.1 Å². The van der Waals surface area contributed by atoms with E-state index in [-0.39, 0.29) is 17.7 Å². The van der Waals surface area contributed by atoms with Crippen LogP contribution >= 0.6 is 0 Å². The highest BCUT2D eigenvalue weighted by Crippen LogP contribution is 2.10. The molecule has 134 valence electrons. The summed E-state index contributed by atoms with van der Waals surface area (Å²) in [5.41, 5.74) is -0.0192. The van der Waals surface area contributed by atoms with Gasteiger partial charge in [-0.1, -0.05) is 18.9 Å². The van der Waals surface area contributed by atoms with Crippen LogP contribution in [0, 0.1) is 0 Å². The van der Waals surface area contributed by atoms with Crippen LogP contribution in [0.4, 0.5) is 4.79 Å². The lowest BCUT2D eigenvalue weighted by molar-refractivity contribution is 0.0526. The fourth-order valence-electron chi connectivity index (χ4n) is 2.06. The average Bonchev–Trinajstić information content (AvgIpc) is 2.48. The van der Waals surface area contributed by atoms with Crippen LogP contribution in [-0.4, -0.2) is 35.8 Å². The van der Waals surface area contributed by atoms with Gasteiger partial charge < -0.3 is 20.5 Å². The molecule has 1 aromatic rings. The van der Waals surface area contributed by atoms with Crippen molar-refractivity contribution in [2.45, 2.75) is 52.1 Å². The molecule has 0 aromatic heterocycles. The fourth-order valence-corrected chi connectivity index (χ4v) is 2.06. The summed E-state index contributed by atoms with van der Waals surface area (Å²) in [4.78, 5) is 23.3. The van der Waals surface area contributed by atoms with Crippen molar-refractivity contribution in [3.05, 3.63) is 29.8 Å². The number of rotatable bonds is 8. The molecule has 0 radical (unpaired) electrons. The molecule has 6 nitrogen and oxygen atoms in total. The third-order valence-corrected chi connectivity index (χ3v) is 3.17. The van der Waals surface area contributed by atoms with Gasteiger partial charge in [0.05, 0.1) is 0 Å². The van der Waals surface area contributed by atoms with Crippen LogP contribution in [0.2, 0.25) is 0 Å². The second-order valence-electron chi connectivity index (χ2n) is 6.65. The van der Waals surface area contributed by atoms with Crippen molar-refractivity contribution in [1.82, 2.24) is 10.6 Å². The van der Waals surface area contributed by atoms with Crippen molar-refractivity contribution in [3.63, 3.8) is 0 Å². The topological polar surface area (TPSA) is 87.7 Å². The molecule has 0 saturated carbocycles. The molecule has 0 saturated heterocycles. The van der Waals surface area contributed by atoms with Gasteiger partial charge in [0.15, 0.2) is 0 Å². The highest BCUT2D eigenvalue weighted by molar-refractivity contribution is 5.94. The van der Waals surface area contributed by atoms with Crippen LogP contribution in [0.25, 0.3) is 0 Å². The number of ether oxygens (including phenoxy) is 1. The van der Waals surface area contributed by atoms with Crippen molar-refractivity contribution in [2.24, 2.45) is 0 Å². The number of carbonyl (C=O) groups is 2. The highest BCUT2D eigenvalue weighted by atomic mass is 16.6. The third-order valence-electron chi connectivity index (χ3n) is 3.17. The quantitative estimate of drug-likeness (QED) is 0.636. The Hall–Kier alpha value is -2.24. The highest BCUT2D eigenvalue weighted by Gasteiger charge is 2.15. The van der Waals surface area contributed by atoms with E-state index in [1.165, 1.54) is 12.1 Å². The average molecular weight is 336 g/mol. The van der Waals surface area contributed by atoms with Crippen LogP contribution in [-0.2, 0) is 4.74 Å². The Kier molecular flexibility index (Phi) is 8.09. The minimum Gasteiger partial charge on any atom is -0.508 e. The summed E-state index contributed by atoms with van der Waals surface area (Å²) in [6, 6.07) is 6.28. The number of amides is 2. The molecule has 0 aliphatic heterocycles. The molecular formula is C18H28N2O4. The molecular weight excluding hydrogens is 308 g/mol. The van der Waals surface area contributed by atoms with Crippen LogP contribution < -0.4 is 10.6 Å². The third kappa shape index (κ3) is 9.02. The normalized spacial score (nSPS) is 11.0. The molecule has 6 heteroatoms. The second kappa shape index (κ2) is 9.80. The first-order valence-electron chi connectivity index (χ1n) is 8.32. The zero-order valence-electron chi connectivity index (χ0n) is 14.7. The molecule has 24 heavy (non-hydrogen) atoms. The van der Waals surface area contributed by atoms with E-state index in [1.54, 1.807) is 12.1 Å². The number of alkyl carbamates (subject to hydrolysis) is 1. The van der Waals surface area contributed by atoms with E-state index < -0.39 is 5.60 Å². The maximum absolute atomic E-state index is 11.8. The van der Waals surface area contributed by atoms with Gasteiger partial charge in [0.25, 0.3) is 5.91 Å². The lowest BCUT2D eigenvalue weighted by atomic mass is 10.1. The van der Waals surface area contributed by atoms with Gasteiger partial charge in [0.2, 0.25) is 0 Å². The van der Waals surface area contributed by atoms with Crippen molar-refractivity contribution in [3.8, 4) is 5.75 Å². The minimum atomic E-state index is -0.474. The van der Waals surface area contributed by atoms with Gasteiger partial charge in [-0.3, -0.25) is 4.79 Å². The number of aromatic hydroxyl groups is 1. The Morgan fingerprint density at radius 3 is 2.25 bits per heavy atom. The Balaban J connectivity index is 2.03. The van der Waals surface area contributed by atoms with Gasteiger partial charge in [0, 0.05) is 18.7 Å². The van der Waals surface area contributed by atoms with E-state index in [0.717, 1.165) is 25.7 Å². The predicted molar refractivity (Wildman–Crippen MR) is 93.1 cm³/mol. The van der Waals surface area contributed by atoms with Crippen molar-refractivity contribution >= 4 is 12.0 Å².